The molecule has 4 atom stereocenters. The summed E-state index contributed by atoms with van der Waals surface area (Å²) in [5, 5.41) is 13.3. The van der Waals surface area contributed by atoms with Crippen LogP contribution in [0.4, 0.5) is 0 Å². The van der Waals surface area contributed by atoms with Gasteiger partial charge in [-0.2, -0.15) is 0 Å². The normalized spacial score (nSPS) is 40.7. The lowest BCUT2D eigenvalue weighted by molar-refractivity contribution is -0.126. The highest BCUT2D eigenvalue weighted by Gasteiger charge is 2.34. The van der Waals surface area contributed by atoms with Crippen LogP contribution in [0.3, 0.4) is 0 Å². The molecule has 1 saturated heterocycles. The molecule has 18 heavy (non-hydrogen) atoms. The molecule has 4 heteroatoms. The molecule has 2 aliphatic rings. The van der Waals surface area contributed by atoms with Crippen LogP contribution in [0.25, 0.3) is 0 Å². The number of hydrogen-bond donors (Lipinski definition) is 2. The molecule has 1 saturated carbocycles. The Morgan fingerprint density at radius 2 is 2.28 bits per heavy atom. The summed E-state index contributed by atoms with van der Waals surface area (Å²) in [7, 11) is 0. The second-order valence-corrected chi connectivity index (χ2v) is 6.22. The summed E-state index contributed by atoms with van der Waals surface area (Å²) >= 11 is 0. The molecule has 2 N–H and O–H groups in total. The van der Waals surface area contributed by atoms with Gasteiger partial charge in [0.15, 0.2) is 0 Å². The minimum Gasteiger partial charge on any atom is -0.388 e. The fraction of sp³-hybridized carbons (Fsp3) is 0.929. The first kappa shape index (κ1) is 13.8. The quantitative estimate of drug-likeness (QED) is 0.803. The molecule has 104 valence electrons. The summed E-state index contributed by atoms with van der Waals surface area (Å²) in [6, 6.07) is 0. The molecule has 0 bridgehead atoms. The van der Waals surface area contributed by atoms with Crippen molar-refractivity contribution in [3.05, 3.63) is 0 Å². The molecule has 0 aromatic rings. The van der Waals surface area contributed by atoms with E-state index in [1.54, 1.807) is 0 Å². The lowest BCUT2D eigenvalue weighted by atomic mass is 9.79. The monoisotopic (exact) mass is 255 g/mol. The molecule has 4 unspecified atom stereocenters. The molecule has 2 fully saturated rings. The van der Waals surface area contributed by atoms with Crippen LogP contribution in [0.2, 0.25) is 0 Å². The molecule has 0 radical (unpaired) electrons. The Morgan fingerprint density at radius 3 is 2.89 bits per heavy atom. The summed E-state index contributed by atoms with van der Waals surface area (Å²) in [5.41, 5.74) is -0.696. The highest BCUT2D eigenvalue weighted by atomic mass is 16.5. The van der Waals surface area contributed by atoms with Gasteiger partial charge in [0.2, 0.25) is 5.91 Å². The molecule has 0 aromatic heterocycles. The van der Waals surface area contributed by atoms with Crippen LogP contribution < -0.4 is 5.32 Å². The number of aliphatic hydroxyl groups is 1. The third kappa shape index (κ3) is 3.45. The Labute approximate surface area is 109 Å². The van der Waals surface area contributed by atoms with Gasteiger partial charge in [0.1, 0.15) is 0 Å². The van der Waals surface area contributed by atoms with Gasteiger partial charge in [0.25, 0.3) is 0 Å². The highest BCUT2D eigenvalue weighted by molar-refractivity contribution is 5.79. The predicted octanol–water partition coefficient (Wildman–Crippen LogP) is 1.47. The maximum absolute atomic E-state index is 12.0. The summed E-state index contributed by atoms with van der Waals surface area (Å²) in [6.45, 7) is 5.06. The van der Waals surface area contributed by atoms with Crippen molar-refractivity contribution in [1.82, 2.24) is 5.32 Å². The summed E-state index contributed by atoms with van der Waals surface area (Å²) in [4.78, 5) is 12.0. The van der Waals surface area contributed by atoms with Gasteiger partial charge in [-0.25, -0.2) is 0 Å². The SMILES string of the molecule is CC1CCCC(O)(CNC(=O)C2COC(C)C2)C1. The van der Waals surface area contributed by atoms with Gasteiger partial charge in [-0.05, 0) is 32.1 Å². The summed E-state index contributed by atoms with van der Waals surface area (Å²) in [6.07, 6.45) is 4.81. The minimum atomic E-state index is -0.696. The molecule has 1 amide bonds. The third-order valence-corrected chi connectivity index (χ3v) is 4.23. The van der Waals surface area contributed by atoms with Gasteiger partial charge >= 0.3 is 0 Å². The average Bonchev–Trinajstić information content (AvgIpc) is 2.73. The molecule has 0 spiro atoms. The summed E-state index contributed by atoms with van der Waals surface area (Å²) < 4.78 is 5.40. The van der Waals surface area contributed by atoms with Crippen LogP contribution in [0.15, 0.2) is 0 Å². The zero-order valence-electron chi connectivity index (χ0n) is 11.4. The van der Waals surface area contributed by atoms with Crippen LogP contribution in [-0.4, -0.2) is 35.9 Å². The number of rotatable bonds is 3. The van der Waals surface area contributed by atoms with E-state index in [4.69, 9.17) is 4.74 Å². The molecule has 1 aliphatic carbocycles. The highest BCUT2D eigenvalue weighted by Crippen LogP contribution is 2.31. The van der Waals surface area contributed by atoms with Gasteiger partial charge in [0.05, 0.1) is 24.2 Å². The third-order valence-electron chi connectivity index (χ3n) is 4.23. The topological polar surface area (TPSA) is 58.6 Å². The smallest absolute Gasteiger partial charge is 0.225 e. The minimum absolute atomic E-state index is 0.0333. The average molecular weight is 255 g/mol. The molecule has 1 heterocycles. The second kappa shape index (κ2) is 5.57. The Bertz CT molecular complexity index is 307. The molecule has 0 aromatic carbocycles. The Morgan fingerprint density at radius 1 is 1.50 bits per heavy atom. The molecular weight excluding hydrogens is 230 g/mol. The number of carbonyl (C=O) groups is 1. The zero-order valence-corrected chi connectivity index (χ0v) is 11.4. The second-order valence-electron chi connectivity index (χ2n) is 6.22. The fourth-order valence-electron chi connectivity index (χ4n) is 3.19. The van der Waals surface area contributed by atoms with Crippen molar-refractivity contribution in [1.29, 1.82) is 0 Å². The largest absolute Gasteiger partial charge is 0.388 e. The molecular formula is C14H25NO3. The van der Waals surface area contributed by atoms with E-state index in [0.717, 1.165) is 25.7 Å². The van der Waals surface area contributed by atoms with E-state index in [0.29, 0.717) is 19.1 Å². The van der Waals surface area contributed by atoms with Crippen molar-refractivity contribution in [2.75, 3.05) is 13.2 Å². The van der Waals surface area contributed by atoms with Crippen LogP contribution in [0.5, 0.6) is 0 Å². The van der Waals surface area contributed by atoms with E-state index in [9.17, 15) is 9.90 Å². The van der Waals surface area contributed by atoms with Crippen molar-refractivity contribution in [2.45, 2.75) is 57.7 Å². The van der Waals surface area contributed by atoms with Crippen LogP contribution in [0.1, 0.15) is 46.0 Å². The molecule has 4 nitrogen and oxygen atoms in total. The van der Waals surface area contributed by atoms with Crippen LogP contribution >= 0.6 is 0 Å². The van der Waals surface area contributed by atoms with Crippen molar-refractivity contribution in [3.63, 3.8) is 0 Å². The number of hydrogen-bond acceptors (Lipinski definition) is 3. The van der Waals surface area contributed by atoms with Gasteiger partial charge in [0, 0.05) is 6.54 Å². The molecule has 1 aliphatic heterocycles. The number of ether oxygens (including phenoxy) is 1. The van der Waals surface area contributed by atoms with E-state index in [2.05, 4.69) is 12.2 Å². The van der Waals surface area contributed by atoms with Gasteiger partial charge < -0.3 is 15.2 Å². The Kier molecular flexibility index (Phi) is 4.28. The number of nitrogens with one attached hydrogen (secondary N) is 1. The molecule has 2 rings (SSSR count). The van der Waals surface area contributed by atoms with E-state index in [1.807, 2.05) is 6.92 Å². The summed E-state index contributed by atoms with van der Waals surface area (Å²) in [5.74, 6) is 0.547. The van der Waals surface area contributed by atoms with Crippen LogP contribution in [-0.2, 0) is 9.53 Å². The van der Waals surface area contributed by atoms with Crippen molar-refractivity contribution in [3.8, 4) is 0 Å². The maximum atomic E-state index is 12.0. The first-order valence-corrected chi connectivity index (χ1v) is 7.10. The van der Waals surface area contributed by atoms with Gasteiger partial charge in [-0.3, -0.25) is 4.79 Å². The van der Waals surface area contributed by atoms with Gasteiger partial charge in [-0.1, -0.05) is 19.8 Å². The predicted molar refractivity (Wildman–Crippen MR) is 69.1 cm³/mol. The van der Waals surface area contributed by atoms with E-state index < -0.39 is 5.60 Å². The first-order valence-electron chi connectivity index (χ1n) is 7.10. The Balaban J connectivity index is 1.78. The van der Waals surface area contributed by atoms with E-state index in [1.165, 1.54) is 6.42 Å². The van der Waals surface area contributed by atoms with Gasteiger partial charge in [-0.15, -0.1) is 0 Å². The standard InChI is InChI=1S/C14H25NO3/c1-10-4-3-5-14(17,7-10)9-15-13(16)12-6-11(2)18-8-12/h10-12,17H,3-9H2,1-2H3,(H,15,16). The van der Waals surface area contributed by atoms with E-state index >= 15 is 0 Å². The maximum Gasteiger partial charge on any atom is 0.225 e. The first-order chi connectivity index (χ1) is 8.48. The Hall–Kier alpha value is -0.610. The van der Waals surface area contributed by atoms with Crippen molar-refractivity contribution >= 4 is 5.91 Å². The van der Waals surface area contributed by atoms with E-state index in [-0.39, 0.29) is 17.9 Å². The van der Waals surface area contributed by atoms with Crippen molar-refractivity contribution < 1.29 is 14.6 Å². The lowest BCUT2D eigenvalue weighted by Gasteiger charge is -2.35. The lowest BCUT2D eigenvalue weighted by Crippen LogP contribution is -2.47. The zero-order chi connectivity index (χ0) is 13.2. The number of amides is 1. The van der Waals surface area contributed by atoms with Crippen LogP contribution in [0, 0.1) is 11.8 Å². The number of carbonyl (C=O) groups excluding carboxylic acids is 1. The fourth-order valence-corrected chi connectivity index (χ4v) is 3.19. The van der Waals surface area contributed by atoms with Crippen molar-refractivity contribution in [2.24, 2.45) is 11.8 Å².